The molecule has 0 amide bonds. The van der Waals surface area contributed by atoms with Gasteiger partial charge >= 0.3 is 0 Å². The van der Waals surface area contributed by atoms with Crippen LogP contribution in [0.3, 0.4) is 0 Å². The van der Waals surface area contributed by atoms with Crippen molar-refractivity contribution in [3.8, 4) is 5.75 Å². The smallest absolute Gasteiger partial charge is 0.240 e. The van der Waals surface area contributed by atoms with E-state index in [2.05, 4.69) is 15.0 Å². The Kier molecular flexibility index (Phi) is 3.69. The minimum absolute atomic E-state index is 0.331. The Balaban J connectivity index is 1.55. The highest BCUT2D eigenvalue weighted by Gasteiger charge is 2.21. The summed E-state index contributed by atoms with van der Waals surface area (Å²) in [6, 6.07) is 7.58. The van der Waals surface area contributed by atoms with Gasteiger partial charge in [-0.05, 0) is 56.5 Å². The van der Waals surface area contributed by atoms with Crippen molar-refractivity contribution in [1.29, 1.82) is 0 Å². The standard InChI is InChI=1S/C15H19N3O2/c1-11-16-15(20-17-11)10-18-8-6-13(7-9-18)12-2-4-14(19)5-3-12/h2-5,13,19H,6-10H2,1H3. The summed E-state index contributed by atoms with van der Waals surface area (Å²) >= 11 is 0. The Labute approximate surface area is 118 Å². The summed E-state index contributed by atoms with van der Waals surface area (Å²) in [7, 11) is 0. The van der Waals surface area contributed by atoms with E-state index in [1.807, 2.05) is 19.1 Å². The quantitative estimate of drug-likeness (QED) is 0.930. The predicted molar refractivity (Wildman–Crippen MR) is 74.4 cm³/mol. The van der Waals surface area contributed by atoms with E-state index >= 15 is 0 Å². The Morgan fingerprint density at radius 1 is 1.25 bits per heavy atom. The van der Waals surface area contributed by atoms with Gasteiger partial charge in [0, 0.05) is 0 Å². The summed E-state index contributed by atoms with van der Waals surface area (Å²) in [6.07, 6.45) is 2.25. The lowest BCUT2D eigenvalue weighted by Gasteiger charge is -2.31. The Bertz CT molecular complexity index is 557. The van der Waals surface area contributed by atoms with Crippen LogP contribution < -0.4 is 0 Å². The van der Waals surface area contributed by atoms with E-state index in [9.17, 15) is 5.11 Å². The van der Waals surface area contributed by atoms with Crippen molar-refractivity contribution in [2.45, 2.75) is 32.2 Å². The van der Waals surface area contributed by atoms with E-state index in [1.165, 1.54) is 5.56 Å². The maximum Gasteiger partial charge on any atom is 0.240 e. The van der Waals surface area contributed by atoms with Gasteiger partial charge in [0.1, 0.15) is 5.75 Å². The zero-order valence-corrected chi connectivity index (χ0v) is 11.6. The van der Waals surface area contributed by atoms with Gasteiger partial charge in [-0.1, -0.05) is 17.3 Å². The molecule has 1 N–H and O–H groups in total. The number of hydrogen-bond donors (Lipinski definition) is 1. The highest BCUT2D eigenvalue weighted by molar-refractivity contribution is 5.28. The van der Waals surface area contributed by atoms with Gasteiger partial charge in [-0.3, -0.25) is 4.90 Å². The number of piperidine rings is 1. The lowest BCUT2D eigenvalue weighted by Crippen LogP contribution is -2.32. The molecule has 0 atom stereocenters. The number of aryl methyl sites for hydroxylation is 1. The first-order valence-corrected chi connectivity index (χ1v) is 7.01. The molecule has 0 aliphatic carbocycles. The van der Waals surface area contributed by atoms with E-state index in [0.29, 0.717) is 23.4 Å². The van der Waals surface area contributed by atoms with Crippen LogP contribution in [0.15, 0.2) is 28.8 Å². The van der Waals surface area contributed by atoms with Crippen molar-refractivity contribution >= 4 is 0 Å². The third kappa shape index (κ3) is 2.99. The summed E-state index contributed by atoms with van der Waals surface area (Å²) in [4.78, 5) is 6.60. The van der Waals surface area contributed by atoms with Crippen molar-refractivity contribution in [2.24, 2.45) is 0 Å². The number of nitrogens with zero attached hydrogens (tertiary/aromatic N) is 3. The summed E-state index contributed by atoms with van der Waals surface area (Å²) in [6.45, 7) is 4.65. The second-order valence-corrected chi connectivity index (χ2v) is 5.38. The first-order valence-electron chi connectivity index (χ1n) is 7.01. The van der Waals surface area contributed by atoms with Crippen LogP contribution in [0, 0.1) is 6.92 Å². The summed E-state index contributed by atoms with van der Waals surface area (Å²) in [5, 5.41) is 13.1. The van der Waals surface area contributed by atoms with Crippen LogP contribution in [0.25, 0.3) is 0 Å². The lowest BCUT2D eigenvalue weighted by atomic mass is 9.89. The monoisotopic (exact) mass is 273 g/mol. The van der Waals surface area contributed by atoms with E-state index in [1.54, 1.807) is 12.1 Å². The molecule has 1 aromatic carbocycles. The van der Waals surface area contributed by atoms with E-state index in [0.717, 1.165) is 32.5 Å². The first kappa shape index (κ1) is 13.1. The van der Waals surface area contributed by atoms with Crippen LogP contribution in [0.5, 0.6) is 5.75 Å². The van der Waals surface area contributed by atoms with Crippen molar-refractivity contribution in [3.63, 3.8) is 0 Å². The molecule has 0 bridgehead atoms. The van der Waals surface area contributed by atoms with Gasteiger partial charge < -0.3 is 9.63 Å². The van der Waals surface area contributed by atoms with Gasteiger partial charge in [-0.15, -0.1) is 0 Å². The first-order chi connectivity index (χ1) is 9.70. The number of phenols is 1. The fourth-order valence-electron chi connectivity index (χ4n) is 2.77. The minimum Gasteiger partial charge on any atom is -0.508 e. The molecule has 0 saturated carbocycles. The molecule has 1 aliphatic rings. The summed E-state index contributed by atoms with van der Waals surface area (Å²) in [5.74, 6) is 2.30. The molecule has 2 aromatic rings. The van der Waals surface area contributed by atoms with Gasteiger partial charge in [0.05, 0.1) is 6.54 Å². The molecule has 1 fully saturated rings. The second-order valence-electron chi connectivity index (χ2n) is 5.38. The van der Waals surface area contributed by atoms with Crippen LogP contribution in [0.2, 0.25) is 0 Å². The molecule has 1 saturated heterocycles. The fourth-order valence-corrected chi connectivity index (χ4v) is 2.77. The SMILES string of the molecule is Cc1noc(CN2CCC(c3ccc(O)cc3)CC2)n1. The number of phenolic OH excluding ortho intramolecular Hbond substituents is 1. The van der Waals surface area contributed by atoms with Crippen LogP contribution in [-0.2, 0) is 6.54 Å². The number of benzene rings is 1. The molecule has 0 radical (unpaired) electrons. The van der Waals surface area contributed by atoms with Crippen molar-refractivity contribution in [1.82, 2.24) is 15.0 Å². The lowest BCUT2D eigenvalue weighted by molar-refractivity contribution is 0.181. The molecule has 3 rings (SSSR count). The highest BCUT2D eigenvalue weighted by atomic mass is 16.5. The van der Waals surface area contributed by atoms with Gasteiger partial charge in [0.15, 0.2) is 5.82 Å². The van der Waals surface area contributed by atoms with Crippen LogP contribution in [-0.4, -0.2) is 33.2 Å². The maximum atomic E-state index is 9.33. The Hall–Kier alpha value is -1.88. The molecular formula is C15H19N3O2. The van der Waals surface area contributed by atoms with Crippen LogP contribution in [0.1, 0.15) is 36.0 Å². The predicted octanol–water partition coefficient (Wildman–Crippen LogP) is 2.46. The molecule has 1 aromatic heterocycles. The molecule has 20 heavy (non-hydrogen) atoms. The molecule has 2 heterocycles. The highest BCUT2D eigenvalue weighted by Crippen LogP contribution is 2.29. The average molecular weight is 273 g/mol. The van der Waals surface area contributed by atoms with E-state index < -0.39 is 0 Å². The fraction of sp³-hybridized carbons (Fsp3) is 0.467. The molecule has 5 nitrogen and oxygen atoms in total. The molecular weight excluding hydrogens is 254 g/mol. The number of aromatic hydroxyl groups is 1. The Morgan fingerprint density at radius 2 is 1.95 bits per heavy atom. The number of rotatable bonds is 3. The van der Waals surface area contributed by atoms with Crippen LogP contribution in [0.4, 0.5) is 0 Å². The summed E-state index contributed by atoms with van der Waals surface area (Å²) in [5.41, 5.74) is 1.32. The number of hydrogen-bond acceptors (Lipinski definition) is 5. The van der Waals surface area contributed by atoms with E-state index in [4.69, 9.17) is 4.52 Å². The maximum absolute atomic E-state index is 9.33. The third-order valence-corrected chi connectivity index (χ3v) is 3.88. The van der Waals surface area contributed by atoms with Crippen LogP contribution >= 0.6 is 0 Å². The number of aromatic nitrogens is 2. The average Bonchev–Trinajstić information content (AvgIpc) is 2.86. The summed E-state index contributed by atoms with van der Waals surface area (Å²) < 4.78 is 5.16. The molecule has 0 unspecified atom stereocenters. The molecule has 0 spiro atoms. The van der Waals surface area contributed by atoms with Crippen molar-refractivity contribution < 1.29 is 9.63 Å². The zero-order valence-electron chi connectivity index (χ0n) is 11.6. The minimum atomic E-state index is 0.331. The molecule has 106 valence electrons. The normalized spacial score (nSPS) is 17.4. The molecule has 5 heteroatoms. The largest absolute Gasteiger partial charge is 0.508 e. The van der Waals surface area contributed by atoms with Gasteiger partial charge in [0.25, 0.3) is 0 Å². The van der Waals surface area contributed by atoms with Gasteiger partial charge in [-0.2, -0.15) is 4.98 Å². The third-order valence-electron chi connectivity index (χ3n) is 3.88. The Morgan fingerprint density at radius 3 is 2.55 bits per heavy atom. The zero-order chi connectivity index (χ0) is 13.9. The topological polar surface area (TPSA) is 62.4 Å². The van der Waals surface area contributed by atoms with Gasteiger partial charge in [0.2, 0.25) is 5.89 Å². The van der Waals surface area contributed by atoms with E-state index in [-0.39, 0.29) is 0 Å². The second kappa shape index (κ2) is 5.63. The van der Waals surface area contributed by atoms with Gasteiger partial charge in [-0.25, -0.2) is 0 Å². The van der Waals surface area contributed by atoms with Crippen molar-refractivity contribution in [3.05, 3.63) is 41.5 Å². The van der Waals surface area contributed by atoms with Crippen molar-refractivity contribution in [2.75, 3.05) is 13.1 Å². The molecule has 1 aliphatic heterocycles. The number of likely N-dealkylation sites (tertiary alicyclic amines) is 1.